The smallest absolute Gasteiger partial charge is 0.314 e. The maximum absolute atomic E-state index is 12.2. The lowest BCUT2D eigenvalue weighted by molar-refractivity contribution is -0.156. The van der Waals surface area contributed by atoms with Crippen molar-refractivity contribution in [2.45, 2.75) is 39.6 Å². The Morgan fingerprint density at radius 3 is 2.19 bits per heavy atom. The van der Waals surface area contributed by atoms with Crippen molar-refractivity contribution in [3.63, 3.8) is 0 Å². The summed E-state index contributed by atoms with van der Waals surface area (Å²) in [6.07, 6.45) is -0.409. The summed E-state index contributed by atoms with van der Waals surface area (Å²) in [7, 11) is 1.15. The molecule has 0 aliphatic rings. The summed E-state index contributed by atoms with van der Waals surface area (Å²) in [6, 6.07) is 7.64. The highest BCUT2D eigenvalue weighted by atomic mass is 28.4. The predicted molar refractivity (Wildman–Crippen MR) is 86.0 cm³/mol. The van der Waals surface area contributed by atoms with Crippen molar-refractivity contribution in [2.24, 2.45) is 5.41 Å². The molecule has 1 aromatic rings. The van der Waals surface area contributed by atoms with Gasteiger partial charge in [0.1, 0.15) is 5.75 Å². The van der Waals surface area contributed by atoms with Gasteiger partial charge >= 0.3 is 5.97 Å². The predicted octanol–water partition coefficient (Wildman–Crippen LogP) is 3.79. The average Bonchev–Trinajstić information content (AvgIpc) is 2.42. The first-order chi connectivity index (χ1) is 9.63. The molecule has 0 saturated carbocycles. The third-order valence-electron chi connectivity index (χ3n) is 3.26. The molecule has 0 aliphatic heterocycles. The van der Waals surface area contributed by atoms with Crippen molar-refractivity contribution in [1.29, 1.82) is 0 Å². The van der Waals surface area contributed by atoms with Gasteiger partial charge in [-0.25, -0.2) is 0 Å². The second-order valence-corrected chi connectivity index (χ2v) is 11.0. The molecule has 0 spiro atoms. The number of methoxy groups -OCH3 is 2. The van der Waals surface area contributed by atoms with E-state index in [1.165, 1.54) is 7.11 Å². The van der Waals surface area contributed by atoms with Crippen molar-refractivity contribution in [3.8, 4) is 5.75 Å². The Hall–Kier alpha value is -1.33. The molecular formula is C16H26O4Si. The number of esters is 1. The summed E-state index contributed by atoms with van der Waals surface area (Å²) < 4.78 is 16.7. The summed E-state index contributed by atoms with van der Waals surface area (Å²) in [6.45, 7) is 9.99. The normalized spacial score (nSPS) is 13.7. The summed E-state index contributed by atoms with van der Waals surface area (Å²) in [5, 5.41) is 0. The fourth-order valence-electron chi connectivity index (χ4n) is 2.21. The minimum atomic E-state index is -1.87. The first kappa shape index (κ1) is 17.7. The lowest BCUT2D eigenvalue weighted by Gasteiger charge is -2.37. The van der Waals surface area contributed by atoms with Crippen LogP contribution in [-0.4, -0.2) is 28.5 Å². The Morgan fingerprint density at radius 1 is 1.14 bits per heavy atom. The zero-order valence-electron chi connectivity index (χ0n) is 14.0. The van der Waals surface area contributed by atoms with Crippen LogP contribution >= 0.6 is 0 Å². The van der Waals surface area contributed by atoms with Crippen LogP contribution < -0.4 is 4.74 Å². The molecule has 0 bridgehead atoms. The van der Waals surface area contributed by atoms with Crippen LogP contribution in [0.5, 0.6) is 5.75 Å². The monoisotopic (exact) mass is 310 g/mol. The molecule has 118 valence electrons. The minimum absolute atomic E-state index is 0.295. The van der Waals surface area contributed by atoms with Gasteiger partial charge in [0.25, 0.3) is 0 Å². The van der Waals surface area contributed by atoms with E-state index < -0.39 is 19.8 Å². The molecule has 1 atom stereocenters. The Kier molecular flexibility index (Phi) is 5.59. The highest BCUT2D eigenvalue weighted by Gasteiger charge is 2.43. The van der Waals surface area contributed by atoms with E-state index in [0.29, 0.717) is 0 Å². The molecule has 1 aromatic carbocycles. The molecule has 0 aromatic heterocycles. The van der Waals surface area contributed by atoms with Crippen LogP contribution in [-0.2, 0) is 14.0 Å². The molecule has 0 saturated heterocycles. The molecule has 5 heteroatoms. The molecule has 0 radical (unpaired) electrons. The second-order valence-electron chi connectivity index (χ2n) is 6.57. The first-order valence-corrected chi connectivity index (χ1v) is 10.4. The summed E-state index contributed by atoms with van der Waals surface area (Å²) in [4.78, 5) is 12.2. The number of carbonyl (C=O) groups is 1. The minimum Gasteiger partial charge on any atom is -0.496 e. The van der Waals surface area contributed by atoms with Crippen molar-refractivity contribution >= 4 is 14.3 Å². The molecule has 1 rings (SSSR count). The van der Waals surface area contributed by atoms with E-state index in [-0.39, 0.29) is 5.97 Å². The fraction of sp³-hybridized carbons (Fsp3) is 0.562. The molecule has 21 heavy (non-hydrogen) atoms. The maximum atomic E-state index is 12.2. The molecule has 0 amide bonds. The number of carbonyl (C=O) groups excluding carboxylic acids is 1. The number of ether oxygens (including phenoxy) is 2. The van der Waals surface area contributed by atoms with Gasteiger partial charge in [0.15, 0.2) is 8.32 Å². The topological polar surface area (TPSA) is 44.8 Å². The third kappa shape index (κ3) is 4.31. The SMILES string of the molecule is COC(=O)C(C)(C)C(O[Si](C)(C)C)c1ccccc1OC. The van der Waals surface area contributed by atoms with Crippen LogP contribution in [0.25, 0.3) is 0 Å². The van der Waals surface area contributed by atoms with Gasteiger partial charge < -0.3 is 13.9 Å². The molecule has 0 aliphatic carbocycles. The van der Waals surface area contributed by atoms with E-state index in [4.69, 9.17) is 13.9 Å². The van der Waals surface area contributed by atoms with E-state index in [1.807, 2.05) is 38.1 Å². The lowest BCUT2D eigenvalue weighted by atomic mass is 9.82. The fourth-order valence-corrected chi connectivity index (χ4v) is 3.33. The summed E-state index contributed by atoms with van der Waals surface area (Å²) >= 11 is 0. The van der Waals surface area contributed by atoms with E-state index in [9.17, 15) is 4.79 Å². The zero-order chi connectivity index (χ0) is 16.3. The van der Waals surface area contributed by atoms with Gasteiger partial charge in [0.2, 0.25) is 0 Å². The van der Waals surface area contributed by atoms with Crippen LogP contribution in [0.2, 0.25) is 19.6 Å². The van der Waals surface area contributed by atoms with Crippen LogP contribution in [0.1, 0.15) is 25.5 Å². The van der Waals surface area contributed by atoms with Gasteiger partial charge in [-0.3, -0.25) is 4.79 Å². The highest BCUT2D eigenvalue weighted by Crippen LogP contribution is 2.42. The molecule has 4 nitrogen and oxygen atoms in total. The van der Waals surface area contributed by atoms with E-state index in [1.54, 1.807) is 7.11 Å². The Bertz CT molecular complexity index is 491. The van der Waals surface area contributed by atoms with Crippen LogP contribution in [0.4, 0.5) is 0 Å². The molecule has 1 unspecified atom stereocenters. The van der Waals surface area contributed by atoms with Crippen molar-refractivity contribution in [1.82, 2.24) is 0 Å². The van der Waals surface area contributed by atoms with Gasteiger partial charge in [-0.05, 0) is 39.6 Å². The average molecular weight is 310 g/mol. The van der Waals surface area contributed by atoms with Crippen LogP contribution in [0, 0.1) is 5.41 Å². The van der Waals surface area contributed by atoms with Gasteiger partial charge in [0.05, 0.1) is 25.7 Å². The van der Waals surface area contributed by atoms with Crippen molar-refractivity contribution in [2.75, 3.05) is 14.2 Å². The molecular weight excluding hydrogens is 284 g/mol. The highest BCUT2D eigenvalue weighted by molar-refractivity contribution is 6.69. The van der Waals surface area contributed by atoms with E-state index >= 15 is 0 Å². The second kappa shape index (κ2) is 6.62. The molecule has 0 heterocycles. The first-order valence-electron chi connectivity index (χ1n) is 7.02. The summed E-state index contributed by atoms with van der Waals surface area (Å²) in [5.41, 5.74) is 0.0711. The third-order valence-corrected chi connectivity index (χ3v) is 4.20. The van der Waals surface area contributed by atoms with Gasteiger partial charge in [-0.2, -0.15) is 0 Å². The summed E-state index contributed by atoms with van der Waals surface area (Å²) in [5.74, 6) is 0.425. The van der Waals surface area contributed by atoms with Gasteiger partial charge in [0, 0.05) is 5.56 Å². The molecule has 0 fully saturated rings. The van der Waals surface area contributed by atoms with Crippen molar-refractivity contribution < 1.29 is 18.7 Å². The number of rotatable bonds is 6. The number of hydrogen-bond acceptors (Lipinski definition) is 4. The van der Waals surface area contributed by atoms with Gasteiger partial charge in [-0.15, -0.1) is 0 Å². The number of benzene rings is 1. The Labute approximate surface area is 128 Å². The number of para-hydroxylation sites is 1. The van der Waals surface area contributed by atoms with Gasteiger partial charge in [-0.1, -0.05) is 18.2 Å². The number of hydrogen-bond donors (Lipinski definition) is 0. The van der Waals surface area contributed by atoms with Crippen LogP contribution in [0.3, 0.4) is 0 Å². The maximum Gasteiger partial charge on any atom is 0.314 e. The largest absolute Gasteiger partial charge is 0.496 e. The lowest BCUT2D eigenvalue weighted by Crippen LogP contribution is -2.40. The van der Waals surface area contributed by atoms with E-state index in [0.717, 1.165) is 11.3 Å². The standard InChI is InChI=1S/C16H26O4Si/c1-16(2,15(17)19-4)14(20-21(5,6)7)12-10-8-9-11-13(12)18-3/h8-11,14H,1-7H3. The van der Waals surface area contributed by atoms with Crippen LogP contribution in [0.15, 0.2) is 24.3 Å². The Morgan fingerprint density at radius 2 is 1.71 bits per heavy atom. The Balaban J connectivity index is 3.35. The zero-order valence-corrected chi connectivity index (χ0v) is 15.0. The quantitative estimate of drug-likeness (QED) is 0.592. The van der Waals surface area contributed by atoms with Crippen molar-refractivity contribution in [3.05, 3.63) is 29.8 Å². The van der Waals surface area contributed by atoms with E-state index in [2.05, 4.69) is 19.6 Å². The molecule has 0 N–H and O–H groups in total.